The largest absolute Gasteiger partial charge is 0.481 e. The van der Waals surface area contributed by atoms with Gasteiger partial charge in [0.15, 0.2) is 0 Å². The van der Waals surface area contributed by atoms with E-state index >= 15 is 0 Å². The summed E-state index contributed by atoms with van der Waals surface area (Å²) in [4.78, 5) is 24.7. The fourth-order valence-corrected chi connectivity index (χ4v) is 1.86. The van der Waals surface area contributed by atoms with E-state index < -0.39 is 11.5 Å². The van der Waals surface area contributed by atoms with Gasteiger partial charge in [-0.2, -0.15) is 0 Å². The third kappa shape index (κ3) is 4.35. The van der Waals surface area contributed by atoms with Gasteiger partial charge in [-0.25, -0.2) is 0 Å². The molecule has 5 nitrogen and oxygen atoms in total. The molecule has 20 heavy (non-hydrogen) atoms. The van der Waals surface area contributed by atoms with E-state index in [0.29, 0.717) is 5.56 Å². The molecule has 0 bridgehead atoms. The van der Waals surface area contributed by atoms with E-state index in [9.17, 15) is 9.59 Å². The zero-order valence-corrected chi connectivity index (χ0v) is 12.1. The van der Waals surface area contributed by atoms with Gasteiger partial charge < -0.3 is 15.1 Å². The Bertz CT molecular complexity index is 474. The fraction of sp³-hybridized carbons (Fsp3) is 0.467. The first-order valence-corrected chi connectivity index (χ1v) is 6.49. The Morgan fingerprint density at radius 2 is 1.70 bits per heavy atom. The van der Waals surface area contributed by atoms with Crippen LogP contribution in [0.2, 0.25) is 0 Å². The predicted octanol–water partition coefficient (Wildman–Crippen LogP) is 1.89. The molecule has 0 unspecified atom stereocenters. The third-order valence-electron chi connectivity index (χ3n) is 2.99. The number of carboxylic acid groups (broad SMARTS) is 1. The lowest BCUT2D eigenvalue weighted by atomic mass is 10.0. The van der Waals surface area contributed by atoms with E-state index in [1.54, 1.807) is 29.2 Å². The molecule has 1 rings (SSSR count). The summed E-state index contributed by atoms with van der Waals surface area (Å²) in [6.45, 7) is 5.70. The molecular weight excluding hydrogens is 258 g/mol. The molecule has 0 saturated carbocycles. The first kappa shape index (κ1) is 16.2. The van der Waals surface area contributed by atoms with Crippen LogP contribution in [-0.2, 0) is 11.4 Å². The number of hydrogen-bond acceptors (Lipinski definition) is 3. The number of benzene rings is 1. The molecule has 5 heteroatoms. The van der Waals surface area contributed by atoms with Crippen LogP contribution in [0.5, 0.6) is 0 Å². The highest BCUT2D eigenvalue weighted by Crippen LogP contribution is 2.18. The van der Waals surface area contributed by atoms with Crippen LogP contribution in [0.15, 0.2) is 24.3 Å². The van der Waals surface area contributed by atoms with Crippen LogP contribution in [0.25, 0.3) is 0 Å². The van der Waals surface area contributed by atoms with Gasteiger partial charge in [-0.15, -0.1) is 0 Å². The van der Waals surface area contributed by atoms with Crippen molar-refractivity contribution in [1.29, 1.82) is 0 Å². The van der Waals surface area contributed by atoms with Gasteiger partial charge in [0, 0.05) is 17.6 Å². The number of carbonyl (C=O) groups is 2. The number of aliphatic hydroxyl groups is 1. The quantitative estimate of drug-likeness (QED) is 0.863. The first-order chi connectivity index (χ1) is 9.25. The zero-order chi connectivity index (χ0) is 15.3. The maximum Gasteiger partial charge on any atom is 0.305 e. The van der Waals surface area contributed by atoms with Crippen molar-refractivity contribution in [2.45, 2.75) is 39.3 Å². The fourth-order valence-electron chi connectivity index (χ4n) is 1.86. The molecule has 0 saturated heterocycles. The molecule has 0 aliphatic rings. The zero-order valence-electron chi connectivity index (χ0n) is 12.1. The Labute approximate surface area is 118 Å². The highest BCUT2D eigenvalue weighted by molar-refractivity contribution is 5.94. The summed E-state index contributed by atoms with van der Waals surface area (Å²) in [6.07, 6.45) is -0.0856. The van der Waals surface area contributed by atoms with E-state index in [1.807, 2.05) is 20.8 Å². The smallest absolute Gasteiger partial charge is 0.305 e. The molecule has 0 atom stereocenters. The van der Waals surface area contributed by atoms with Crippen molar-refractivity contribution in [3.05, 3.63) is 35.4 Å². The van der Waals surface area contributed by atoms with Gasteiger partial charge in [0.2, 0.25) is 0 Å². The molecule has 0 heterocycles. The number of nitrogens with zero attached hydrogens (tertiary/aromatic N) is 1. The summed E-state index contributed by atoms with van der Waals surface area (Å²) in [5, 5.41) is 17.8. The SMILES string of the molecule is CC(C)(C)N(CCC(=O)O)C(=O)c1ccc(CO)cc1. The van der Waals surface area contributed by atoms with Crippen molar-refractivity contribution in [3.8, 4) is 0 Å². The van der Waals surface area contributed by atoms with Crippen LogP contribution in [0.3, 0.4) is 0 Å². The van der Waals surface area contributed by atoms with Crippen LogP contribution in [-0.4, -0.2) is 39.1 Å². The number of carboxylic acids is 1. The number of amides is 1. The van der Waals surface area contributed by atoms with Crippen LogP contribution >= 0.6 is 0 Å². The van der Waals surface area contributed by atoms with Crippen molar-refractivity contribution in [2.24, 2.45) is 0 Å². The van der Waals surface area contributed by atoms with Crippen LogP contribution in [0, 0.1) is 0 Å². The van der Waals surface area contributed by atoms with E-state index in [1.165, 1.54) is 0 Å². The van der Waals surface area contributed by atoms with Crippen LogP contribution in [0.1, 0.15) is 43.1 Å². The molecule has 1 aromatic rings. The molecule has 0 fully saturated rings. The number of carbonyl (C=O) groups excluding carboxylic acids is 1. The Balaban J connectivity index is 2.94. The second-order valence-electron chi connectivity index (χ2n) is 5.63. The third-order valence-corrected chi connectivity index (χ3v) is 2.99. The summed E-state index contributed by atoms with van der Waals surface area (Å²) >= 11 is 0. The number of aliphatic carboxylic acids is 1. The molecule has 0 aliphatic carbocycles. The Hall–Kier alpha value is -1.88. The minimum atomic E-state index is -0.928. The minimum Gasteiger partial charge on any atom is -0.481 e. The second kappa shape index (κ2) is 6.52. The second-order valence-corrected chi connectivity index (χ2v) is 5.63. The molecule has 0 aromatic heterocycles. The maximum atomic E-state index is 12.5. The van der Waals surface area contributed by atoms with E-state index in [-0.39, 0.29) is 25.5 Å². The van der Waals surface area contributed by atoms with Gasteiger partial charge in [-0.1, -0.05) is 12.1 Å². The Morgan fingerprint density at radius 3 is 2.10 bits per heavy atom. The van der Waals surface area contributed by atoms with E-state index in [2.05, 4.69) is 0 Å². The lowest BCUT2D eigenvalue weighted by Gasteiger charge is -2.35. The van der Waals surface area contributed by atoms with Crippen molar-refractivity contribution < 1.29 is 19.8 Å². The summed E-state index contributed by atoms with van der Waals surface area (Å²) in [6, 6.07) is 6.66. The molecule has 0 radical (unpaired) electrons. The standard InChI is InChI=1S/C15H21NO4/c1-15(2,3)16(9-8-13(18)19)14(20)12-6-4-11(10-17)5-7-12/h4-7,17H,8-10H2,1-3H3,(H,18,19). The van der Waals surface area contributed by atoms with Crippen molar-refractivity contribution in [1.82, 2.24) is 4.90 Å². The number of aliphatic hydroxyl groups excluding tert-OH is 1. The summed E-state index contributed by atoms with van der Waals surface area (Å²) < 4.78 is 0. The van der Waals surface area contributed by atoms with Gasteiger partial charge in [0.25, 0.3) is 5.91 Å². The summed E-state index contributed by atoms with van der Waals surface area (Å²) in [5.74, 6) is -1.13. The minimum absolute atomic E-state index is 0.0729. The molecule has 2 N–H and O–H groups in total. The highest BCUT2D eigenvalue weighted by Gasteiger charge is 2.27. The topological polar surface area (TPSA) is 77.8 Å². The average Bonchev–Trinajstić information content (AvgIpc) is 2.37. The highest BCUT2D eigenvalue weighted by atomic mass is 16.4. The molecular formula is C15H21NO4. The molecule has 1 aromatic carbocycles. The predicted molar refractivity (Wildman–Crippen MR) is 75.4 cm³/mol. The van der Waals surface area contributed by atoms with Crippen molar-refractivity contribution >= 4 is 11.9 Å². The van der Waals surface area contributed by atoms with Gasteiger partial charge in [0.05, 0.1) is 13.0 Å². The van der Waals surface area contributed by atoms with Gasteiger partial charge in [-0.3, -0.25) is 9.59 Å². The van der Waals surface area contributed by atoms with Crippen LogP contribution in [0.4, 0.5) is 0 Å². The maximum absolute atomic E-state index is 12.5. The molecule has 110 valence electrons. The Morgan fingerprint density at radius 1 is 1.15 bits per heavy atom. The lowest BCUT2D eigenvalue weighted by molar-refractivity contribution is -0.137. The van der Waals surface area contributed by atoms with Crippen molar-refractivity contribution in [2.75, 3.05) is 6.54 Å². The number of rotatable bonds is 5. The van der Waals surface area contributed by atoms with Crippen LogP contribution < -0.4 is 0 Å². The molecule has 0 aliphatic heterocycles. The number of hydrogen-bond donors (Lipinski definition) is 2. The monoisotopic (exact) mass is 279 g/mol. The summed E-state index contributed by atoms with van der Waals surface area (Å²) in [7, 11) is 0. The van der Waals surface area contributed by atoms with Gasteiger partial charge >= 0.3 is 5.97 Å². The Kier molecular flexibility index (Phi) is 5.27. The molecule has 0 spiro atoms. The van der Waals surface area contributed by atoms with Gasteiger partial charge in [0.1, 0.15) is 0 Å². The first-order valence-electron chi connectivity index (χ1n) is 6.49. The van der Waals surface area contributed by atoms with Crippen molar-refractivity contribution in [3.63, 3.8) is 0 Å². The molecule has 1 amide bonds. The van der Waals surface area contributed by atoms with E-state index in [4.69, 9.17) is 10.2 Å². The normalized spacial score (nSPS) is 11.2. The van der Waals surface area contributed by atoms with E-state index in [0.717, 1.165) is 5.56 Å². The van der Waals surface area contributed by atoms with Gasteiger partial charge in [-0.05, 0) is 38.5 Å². The summed E-state index contributed by atoms with van der Waals surface area (Å²) in [5.41, 5.74) is 0.763. The lowest BCUT2D eigenvalue weighted by Crippen LogP contribution is -2.46. The average molecular weight is 279 g/mol.